The maximum absolute atomic E-state index is 12.6. The number of piperidine rings is 1. The molecule has 1 saturated heterocycles. The molecular weight excluding hydrogens is 366 g/mol. The van der Waals surface area contributed by atoms with Gasteiger partial charge in [-0.2, -0.15) is 0 Å². The minimum atomic E-state index is -0.0587. The molecule has 2 amide bonds. The van der Waals surface area contributed by atoms with Gasteiger partial charge in [0.1, 0.15) is 5.76 Å². The molecule has 1 aromatic carbocycles. The van der Waals surface area contributed by atoms with Gasteiger partial charge in [-0.3, -0.25) is 14.5 Å². The van der Waals surface area contributed by atoms with E-state index in [4.69, 9.17) is 4.42 Å². The molecule has 3 rings (SSSR count). The van der Waals surface area contributed by atoms with Crippen LogP contribution in [0, 0.1) is 5.92 Å². The van der Waals surface area contributed by atoms with Crippen LogP contribution in [-0.2, 0) is 9.59 Å². The van der Waals surface area contributed by atoms with Gasteiger partial charge >= 0.3 is 0 Å². The molecule has 0 spiro atoms. The third kappa shape index (κ3) is 5.81. The Bertz CT molecular complexity index is 807. The number of amides is 2. The summed E-state index contributed by atoms with van der Waals surface area (Å²) in [6, 6.07) is 13.5. The van der Waals surface area contributed by atoms with Crippen molar-refractivity contribution >= 4 is 17.9 Å². The van der Waals surface area contributed by atoms with E-state index < -0.39 is 0 Å². The molecule has 1 aliphatic heterocycles. The fraction of sp³-hybridized carbons (Fsp3) is 0.391. The summed E-state index contributed by atoms with van der Waals surface area (Å²) in [7, 11) is 3.93. The van der Waals surface area contributed by atoms with E-state index in [0.717, 1.165) is 11.3 Å². The van der Waals surface area contributed by atoms with Gasteiger partial charge in [0.25, 0.3) is 0 Å². The van der Waals surface area contributed by atoms with Gasteiger partial charge in [-0.25, -0.2) is 0 Å². The highest BCUT2D eigenvalue weighted by Crippen LogP contribution is 2.20. The molecule has 2 heterocycles. The van der Waals surface area contributed by atoms with Crippen molar-refractivity contribution in [3.63, 3.8) is 0 Å². The average molecular weight is 396 g/mol. The third-order valence-corrected chi connectivity index (χ3v) is 5.36. The van der Waals surface area contributed by atoms with Crippen molar-refractivity contribution in [2.75, 3.05) is 33.7 Å². The molecule has 0 bridgehead atoms. The van der Waals surface area contributed by atoms with Crippen molar-refractivity contribution in [1.82, 2.24) is 15.1 Å². The summed E-state index contributed by atoms with van der Waals surface area (Å²) in [6.07, 6.45) is 6.46. The Balaban J connectivity index is 1.45. The molecule has 29 heavy (non-hydrogen) atoms. The molecule has 6 nitrogen and oxygen atoms in total. The molecule has 1 unspecified atom stereocenters. The minimum absolute atomic E-state index is 0.00117. The van der Waals surface area contributed by atoms with Crippen molar-refractivity contribution in [1.29, 1.82) is 0 Å². The van der Waals surface area contributed by atoms with Gasteiger partial charge < -0.3 is 14.6 Å². The number of carbonyl (C=O) groups excluding carboxylic acids is 2. The SMILES string of the molecule is CN(C)C(CNC(=O)C1CCN(C(=O)/C=C/c2ccccc2)CC1)c1ccco1. The first-order valence-corrected chi connectivity index (χ1v) is 10.0. The lowest BCUT2D eigenvalue weighted by Crippen LogP contribution is -2.44. The van der Waals surface area contributed by atoms with Gasteiger partial charge in [-0.05, 0) is 50.7 Å². The van der Waals surface area contributed by atoms with E-state index in [1.807, 2.05) is 72.4 Å². The molecule has 1 N–H and O–H groups in total. The summed E-state index contributed by atoms with van der Waals surface area (Å²) in [6.45, 7) is 1.70. The molecule has 1 fully saturated rings. The van der Waals surface area contributed by atoms with Crippen molar-refractivity contribution in [2.24, 2.45) is 5.92 Å². The summed E-state index contributed by atoms with van der Waals surface area (Å²) < 4.78 is 5.49. The molecule has 0 saturated carbocycles. The standard InChI is InChI=1S/C23H29N3O3/c1-25(2)20(21-9-6-16-29-21)17-24-23(28)19-12-14-26(15-13-19)22(27)11-10-18-7-4-3-5-8-18/h3-11,16,19-20H,12-15,17H2,1-2H3,(H,24,28)/b11-10+. The molecule has 1 aromatic heterocycles. The predicted octanol–water partition coefficient (Wildman–Crippen LogP) is 2.95. The molecule has 0 aliphatic carbocycles. The Hall–Kier alpha value is -2.86. The summed E-state index contributed by atoms with van der Waals surface area (Å²) in [5.74, 6) is 0.825. The fourth-order valence-electron chi connectivity index (χ4n) is 3.56. The zero-order chi connectivity index (χ0) is 20.6. The van der Waals surface area contributed by atoms with Crippen LogP contribution in [0.4, 0.5) is 0 Å². The lowest BCUT2D eigenvalue weighted by molar-refractivity contribution is -0.132. The lowest BCUT2D eigenvalue weighted by Gasteiger charge is -2.31. The minimum Gasteiger partial charge on any atom is -0.468 e. The van der Waals surface area contributed by atoms with Gasteiger partial charge in [-0.15, -0.1) is 0 Å². The van der Waals surface area contributed by atoms with Gasteiger partial charge in [-0.1, -0.05) is 30.3 Å². The van der Waals surface area contributed by atoms with Crippen LogP contribution in [0.3, 0.4) is 0 Å². The normalized spacial score (nSPS) is 16.3. The Morgan fingerprint density at radius 1 is 1.17 bits per heavy atom. The van der Waals surface area contributed by atoms with Gasteiger partial charge in [0.05, 0.1) is 12.3 Å². The zero-order valence-corrected chi connectivity index (χ0v) is 17.1. The first-order valence-electron chi connectivity index (χ1n) is 10.0. The van der Waals surface area contributed by atoms with Crippen LogP contribution in [-0.4, -0.2) is 55.3 Å². The topological polar surface area (TPSA) is 65.8 Å². The molecule has 2 aromatic rings. The first-order chi connectivity index (χ1) is 14.0. The highest BCUT2D eigenvalue weighted by atomic mass is 16.3. The Kier molecular flexibility index (Phi) is 7.25. The van der Waals surface area contributed by atoms with Crippen molar-refractivity contribution in [3.8, 4) is 0 Å². The Morgan fingerprint density at radius 3 is 2.52 bits per heavy atom. The van der Waals surface area contributed by atoms with Crippen LogP contribution in [0.5, 0.6) is 0 Å². The van der Waals surface area contributed by atoms with Crippen LogP contribution in [0.15, 0.2) is 59.2 Å². The number of likely N-dealkylation sites (tertiary alicyclic amines) is 1. The van der Waals surface area contributed by atoms with E-state index in [-0.39, 0.29) is 23.8 Å². The summed E-state index contributed by atoms with van der Waals surface area (Å²) in [5.41, 5.74) is 1.00. The molecular formula is C23H29N3O3. The van der Waals surface area contributed by atoms with E-state index in [1.54, 1.807) is 12.3 Å². The van der Waals surface area contributed by atoms with E-state index in [0.29, 0.717) is 32.5 Å². The molecule has 1 aliphatic rings. The second kappa shape index (κ2) is 10.1. The maximum atomic E-state index is 12.6. The number of carbonyl (C=O) groups is 2. The highest BCUT2D eigenvalue weighted by Gasteiger charge is 2.27. The predicted molar refractivity (Wildman–Crippen MR) is 113 cm³/mol. The largest absolute Gasteiger partial charge is 0.468 e. The quantitative estimate of drug-likeness (QED) is 0.732. The molecule has 1 atom stereocenters. The van der Waals surface area contributed by atoms with Gasteiger partial charge in [0.2, 0.25) is 11.8 Å². The van der Waals surface area contributed by atoms with Crippen LogP contribution < -0.4 is 5.32 Å². The van der Waals surface area contributed by atoms with E-state index in [9.17, 15) is 9.59 Å². The number of furan rings is 1. The Labute approximate surface area is 172 Å². The zero-order valence-electron chi connectivity index (χ0n) is 17.1. The van der Waals surface area contributed by atoms with E-state index >= 15 is 0 Å². The number of likely N-dealkylation sites (N-methyl/N-ethyl adjacent to an activating group) is 1. The van der Waals surface area contributed by atoms with Crippen molar-refractivity contribution in [3.05, 3.63) is 66.1 Å². The molecule has 6 heteroatoms. The van der Waals surface area contributed by atoms with E-state index in [2.05, 4.69) is 5.32 Å². The Morgan fingerprint density at radius 2 is 1.90 bits per heavy atom. The molecule has 0 radical (unpaired) electrons. The van der Waals surface area contributed by atoms with Crippen molar-refractivity contribution < 1.29 is 14.0 Å². The summed E-state index contributed by atoms with van der Waals surface area (Å²) >= 11 is 0. The number of rotatable bonds is 7. The average Bonchev–Trinajstić information content (AvgIpc) is 3.27. The summed E-state index contributed by atoms with van der Waals surface area (Å²) in [4.78, 5) is 28.8. The van der Waals surface area contributed by atoms with Crippen LogP contribution in [0.1, 0.15) is 30.2 Å². The number of hydrogen-bond acceptors (Lipinski definition) is 4. The number of benzene rings is 1. The lowest BCUT2D eigenvalue weighted by atomic mass is 9.95. The van der Waals surface area contributed by atoms with Crippen molar-refractivity contribution in [2.45, 2.75) is 18.9 Å². The summed E-state index contributed by atoms with van der Waals surface area (Å²) in [5, 5.41) is 3.05. The fourth-order valence-corrected chi connectivity index (χ4v) is 3.56. The monoisotopic (exact) mass is 395 g/mol. The number of nitrogens with one attached hydrogen (secondary N) is 1. The van der Waals surface area contributed by atoms with Crippen LogP contribution in [0.2, 0.25) is 0 Å². The number of hydrogen-bond donors (Lipinski definition) is 1. The van der Waals surface area contributed by atoms with Gasteiger partial charge in [0.15, 0.2) is 0 Å². The first kappa shape index (κ1) is 20.9. The maximum Gasteiger partial charge on any atom is 0.246 e. The number of nitrogens with zero attached hydrogens (tertiary/aromatic N) is 2. The third-order valence-electron chi connectivity index (χ3n) is 5.36. The van der Waals surface area contributed by atoms with Crippen LogP contribution >= 0.6 is 0 Å². The second-order valence-corrected chi connectivity index (χ2v) is 7.58. The smallest absolute Gasteiger partial charge is 0.246 e. The van der Waals surface area contributed by atoms with E-state index in [1.165, 1.54) is 0 Å². The highest BCUT2D eigenvalue weighted by molar-refractivity contribution is 5.92. The van der Waals surface area contributed by atoms with Crippen LogP contribution in [0.25, 0.3) is 6.08 Å². The van der Waals surface area contributed by atoms with Gasteiger partial charge in [0, 0.05) is 31.6 Å². The second-order valence-electron chi connectivity index (χ2n) is 7.58. The molecule has 154 valence electrons.